The van der Waals surface area contributed by atoms with E-state index in [1.807, 2.05) is 0 Å². The minimum atomic E-state index is -5.44. The summed E-state index contributed by atoms with van der Waals surface area (Å²) in [7, 11) is -5.44. The second-order valence-electron chi connectivity index (χ2n) is 7.06. The number of halogens is 3. The van der Waals surface area contributed by atoms with Crippen LogP contribution < -0.4 is 10.2 Å². The topological polar surface area (TPSA) is 75.7 Å². The van der Waals surface area contributed by atoms with Crippen molar-refractivity contribution in [2.24, 2.45) is 5.92 Å². The number of carbonyl (C=O) groups is 1. The lowest BCUT2D eigenvalue weighted by Gasteiger charge is -2.34. The number of ether oxygens (including phenoxy) is 1. The van der Waals surface area contributed by atoms with Gasteiger partial charge in [-0.15, -0.1) is 0 Å². The highest BCUT2D eigenvalue weighted by molar-refractivity contribution is 7.92. The van der Waals surface area contributed by atoms with Gasteiger partial charge in [-0.2, -0.15) is 13.2 Å². The summed E-state index contributed by atoms with van der Waals surface area (Å²) in [5.41, 5.74) is -5.33. The Morgan fingerprint density at radius 1 is 1.18 bits per heavy atom. The Hall–Kier alpha value is -1.81. The number of benzene rings is 1. The fourth-order valence-corrected chi connectivity index (χ4v) is 4.60. The number of hydrogen-bond donors (Lipinski definition) is 1. The third kappa shape index (κ3) is 4.43. The molecule has 2 heterocycles. The minimum absolute atomic E-state index is 0.0260. The molecule has 0 aliphatic carbocycles. The second-order valence-corrected chi connectivity index (χ2v) is 8.97. The fraction of sp³-hybridized carbons (Fsp3) is 0.611. The predicted molar refractivity (Wildman–Crippen MR) is 96.6 cm³/mol. The van der Waals surface area contributed by atoms with Crippen LogP contribution in [0.2, 0.25) is 0 Å². The van der Waals surface area contributed by atoms with E-state index >= 15 is 0 Å². The molecule has 2 saturated heterocycles. The molecule has 1 atom stereocenters. The molecule has 1 aromatic rings. The summed E-state index contributed by atoms with van der Waals surface area (Å²) in [6, 6.07) is 5.12. The van der Waals surface area contributed by atoms with Gasteiger partial charge in [0.15, 0.2) is 0 Å². The summed E-state index contributed by atoms with van der Waals surface area (Å²) in [6.45, 7) is 1.79. The van der Waals surface area contributed by atoms with E-state index in [0.29, 0.717) is 39.1 Å². The molecule has 0 aromatic heterocycles. The lowest BCUT2D eigenvalue weighted by Crippen LogP contribution is -2.42. The van der Waals surface area contributed by atoms with Crippen molar-refractivity contribution in [2.45, 2.75) is 42.2 Å². The van der Waals surface area contributed by atoms with Gasteiger partial charge in [-0.25, -0.2) is 8.42 Å². The van der Waals surface area contributed by atoms with Crippen LogP contribution in [0.25, 0.3) is 0 Å². The maximum Gasteiger partial charge on any atom is 0.501 e. The van der Waals surface area contributed by atoms with Crippen LogP contribution in [0, 0.1) is 5.92 Å². The number of carbonyl (C=O) groups excluding carboxylic acids is 1. The van der Waals surface area contributed by atoms with Crippen molar-refractivity contribution in [2.75, 3.05) is 31.1 Å². The Balaban J connectivity index is 1.63. The van der Waals surface area contributed by atoms with Gasteiger partial charge in [0.25, 0.3) is 9.84 Å². The molecular formula is C18H23F3N2O4S. The number of anilines is 1. The van der Waals surface area contributed by atoms with E-state index in [1.165, 1.54) is 18.2 Å². The van der Waals surface area contributed by atoms with Gasteiger partial charge in [0, 0.05) is 32.2 Å². The molecule has 0 saturated carbocycles. The van der Waals surface area contributed by atoms with E-state index in [1.54, 1.807) is 4.90 Å². The molecule has 0 radical (unpaired) electrons. The summed E-state index contributed by atoms with van der Waals surface area (Å²) >= 11 is 0. The minimum Gasteiger partial charge on any atom is -0.376 e. The van der Waals surface area contributed by atoms with Crippen LogP contribution in [-0.4, -0.2) is 52.2 Å². The van der Waals surface area contributed by atoms with Crippen molar-refractivity contribution in [3.63, 3.8) is 0 Å². The third-order valence-corrected chi connectivity index (χ3v) is 6.73. The first-order valence-corrected chi connectivity index (χ1v) is 10.7. The molecule has 1 N–H and O–H groups in total. The molecule has 0 unspecified atom stereocenters. The van der Waals surface area contributed by atoms with Gasteiger partial charge in [-0.05, 0) is 37.8 Å². The highest BCUT2D eigenvalue weighted by Crippen LogP contribution is 2.37. The first-order chi connectivity index (χ1) is 13.2. The van der Waals surface area contributed by atoms with E-state index < -0.39 is 20.2 Å². The number of rotatable bonds is 5. The molecule has 2 aliphatic heterocycles. The second kappa shape index (κ2) is 8.28. The van der Waals surface area contributed by atoms with Gasteiger partial charge in [0.05, 0.1) is 16.7 Å². The number of alkyl halides is 3. The van der Waals surface area contributed by atoms with Gasteiger partial charge in [0.1, 0.15) is 0 Å². The SMILES string of the molecule is O=C(NC[C@@H]1CCCO1)C1CCN(c2ccccc2S(=O)(=O)C(F)(F)F)CC1. The number of nitrogens with one attached hydrogen (secondary N) is 1. The van der Waals surface area contributed by atoms with Crippen molar-refractivity contribution in [1.29, 1.82) is 0 Å². The zero-order valence-electron chi connectivity index (χ0n) is 15.2. The molecule has 2 fully saturated rings. The van der Waals surface area contributed by atoms with Crippen molar-refractivity contribution in [3.05, 3.63) is 24.3 Å². The number of amides is 1. The van der Waals surface area contributed by atoms with Crippen LogP contribution in [0.1, 0.15) is 25.7 Å². The molecule has 3 rings (SSSR count). The van der Waals surface area contributed by atoms with Crippen LogP contribution in [0.15, 0.2) is 29.2 Å². The number of piperidine rings is 1. The Labute approximate surface area is 162 Å². The van der Waals surface area contributed by atoms with E-state index in [0.717, 1.165) is 18.9 Å². The number of sulfone groups is 1. The Morgan fingerprint density at radius 3 is 2.46 bits per heavy atom. The highest BCUT2D eigenvalue weighted by atomic mass is 32.2. The standard InChI is InChI=1S/C18H23F3N2O4S/c19-18(20,21)28(25,26)16-6-2-1-5-15(16)23-9-7-13(8-10-23)17(24)22-12-14-4-3-11-27-14/h1-2,5-6,13-14H,3-4,7-12H2,(H,22,24)/t14-/m0/s1. The smallest absolute Gasteiger partial charge is 0.376 e. The molecule has 1 aromatic carbocycles. The molecule has 2 aliphatic rings. The van der Waals surface area contributed by atoms with Crippen molar-refractivity contribution < 1.29 is 31.1 Å². The van der Waals surface area contributed by atoms with Crippen molar-refractivity contribution in [3.8, 4) is 0 Å². The highest BCUT2D eigenvalue weighted by Gasteiger charge is 2.48. The Bertz CT molecular complexity index is 799. The Morgan fingerprint density at radius 2 is 1.86 bits per heavy atom. The predicted octanol–water partition coefficient (Wildman–Crippen LogP) is 2.49. The molecule has 0 bridgehead atoms. The summed E-state index contributed by atoms with van der Waals surface area (Å²) in [5.74, 6) is -0.338. The molecule has 156 valence electrons. The molecule has 0 spiro atoms. The zero-order chi connectivity index (χ0) is 20.4. The largest absolute Gasteiger partial charge is 0.501 e. The van der Waals surface area contributed by atoms with Crippen molar-refractivity contribution >= 4 is 21.4 Å². The maximum absolute atomic E-state index is 13.0. The quantitative estimate of drug-likeness (QED) is 0.792. The lowest BCUT2D eigenvalue weighted by molar-refractivity contribution is -0.126. The van der Waals surface area contributed by atoms with E-state index in [4.69, 9.17) is 4.74 Å². The first-order valence-electron chi connectivity index (χ1n) is 9.25. The first kappa shape index (κ1) is 20.9. The van der Waals surface area contributed by atoms with Crippen LogP contribution in [0.4, 0.5) is 18.9 Å². The molecular weight excluding hydrogens is 397 g/mol. The summed E-state index contributed by atoms with van der Waals surface area (Å²) in [4.78, 5) is 13.2. The summed E-state index contributed by atoms with van der Waals surface area (Å²) in [5, 5.41) is 2.88. The number of hydrogen-bond acceptors (Lipinski definition) is 5. The molecule has 28 heavy (non-hydrogen) atoms. The van der Waals surface area contributed by atoms with E-state index in [9.17, 15) is 26.4 Å². The van der Waals surface area contributed by atoms with Gasteiger partial charge in [0.2, 0.25) is 5.91 Å². The lowest BCUT2D eigenvalue weighted by atomic mass is 9.95. The van der Waals surface area contributed by atoms with Gasteiger partial charge in [-0.1, -0.05) is 12.1 Å². The monoisotopic (exact) mass is 420 g/mol. The maximum atomic E-state index is 13.0. The van der Waals surface area contributed by atoms with Gasteiger partial charge >= 0.3 is 5.51 Å². The van der Waals surface area contributed by atoms with Crippen molar-refractivity contribution in [1.82, 2.24) is 5.32 Å². The van der Waals surface area contributed by atoms with Gasteiger partial charge < -0.3 is 15.0 Å². The number of nitrogens with zero attached hydrogens (tertiary/aromatic N) is 1. The van der Waals surface area contributed by atoms with Crippen LogP contribution >= 0.6 is 0 Å². The zero-order valence-corrected chi connectivity index (χ0v) is 16.1. The van der Waals surface area contributed by atoms with Gasteiger partial charge in [-0.3, -0.25) is 4.79 Å². The number of para-hydroxylation sites is 1. The fourth-order valence-electron chi connectivity index (χ4n) is 3.62. The normalized spacial score (nSPS) is 21.7. The summed E-state index contributed by atoms with van der Waals surface area (Å²) < 4.78 is 68.1. The molecule has 10 heteroatoms. The van der Waals surface area contributed by atoms with Crippen LogP contribution in [0.3, 0.4) is 0 Å². The Kier molecular flexibility index (Phi) is 6.18. The van der Waals surface area contributed by atoms with Crippen LogP contribution in [-0.2, 0) is 19.4 Å². The average molecular weight is 420 g/mol. The third-order valence-electron chi connectivity index (χ3n) is 5.19. The van der Waals surface area contributed by atoms with Crippen LogP contribution in [0.5, 0.6) is 0 Å². The van der Waals surface area contributed by atoms with E-state index in [2.05, 4.69) is 5.32 Å². The molecule has 1 amide bonds. The average Bonchev–Trinajstić information content (AvgIpc) is 3.19. The molecule has 6 nitrogen and oxygen atoms in total. The van der Waals surface area contributed by atoms with E-state index in [-0.39, 0.29) is 23.6 Å². The summed E-state index contributed by atoms with van der Waals surface area (Å²) in [6.07, 6.45) is 2.83.